The molecule has 0 spiro atoms. The Kier molecular flexibility index (Phi) is 4.94. The van der Waals surface area contributed by atoms with Gasteiger partial charge in [0.15, 0.2) is 5.65 Å². The van der Waals surface area contributed by atoms with Crippen molar-refractivity contribution < 1.29 is 9.53 Å². The van der Waals surface area contributed by atoms with Gasteiger partial charge in [-0.1, -0.05) is 24.3 Å². The average Bonchev–Trinajstić information content (AvgIpc) is 3.22. The largest absolute Gasteiger partial charge is 0.495 e. The van der Waals surface area contributed by atoms with Gasteiger partial charge in [-0.3, -0.25) is 9.89 Å². The quantitative estimate of drug-likeness (QED) is 0.452. The van der Waals surface area contributed by atoms with Gasteiger partial charge < -0.3 is 10.1 Å². The van der Waals surface area contributed by atoms with Crippen molar-refractivity contribution in [3.63, 3.8) is 0 Å². The molecule has 2 aromatic heterocycles. The highest BCUT2D eigenvalue weighted by atomic mass is 32.1. The van der Waals surface area contributed by atoms with Crippen LogP contribution in [0.5, 0.6) is 5.75 Å². The van der Waals surface area contributed by atoms with E-state index in [1.54, 1.807) is 37.6 Å². The van der Waals surface area contributed by atoms with E-state index in [0.717, 1.165) is 16.6 Å². The van der Waals surface area contributed by atoms with Crippen molar-refractivity contribution in [2.75, 3.05) is 12.4 Å². The fourth-order valence-electron chi connectivity index (χ4n) is 2.95. The van der Waals surface area contributed by atoms with Crippen LogP contribution in [0.2, 0.25) is 0 Å². The first kappa shape index (κ1) is 18.0. The molecule has 0 saturated heterocycles. The summed E-state index contributed by atoms with van der Waals surface area (Å²) in [5.41, 5.74) is 3.34. The number of thiol groups is 1. The number of carbonyl (C=O) groups is 1. The number of benzene rings is 2. The molecular weight excluding hydrogens is 374 g/mol. The third-order valence-electron chi connectivity index (χ3n) is 4.36. The summed E-state index contributed by atoms with van der Waals surface area (Å²) in [6, 6.07) is 14.6. The summed E-state index contributed by atoms with van der Waals surface area (Å²) < 4.78 is 5.29. The zero-order chi connectivity index (χ0) is 19.5. The van der Waals surface area contributed by atoms with Crippen LogP contribution in [0, 0.1) is 0 Å². The van der Waals surface area contributed by atoms with Gasteiger partial charge in [0.1, 0.15) is 12.1 Å². The Hall–Kier alpha value is -3.39. The van der Waals surface area contributed by atoms with Crippen molar-refractivity contribution in [3.8, 4) is 5.75 Å². The number of rotatable bonds is 5. The average molecular weight is 391 g/mol. The lowest BCUT2D eigenvalue weighted by Gasteiger charge is -2.13. The van der Waals surface area contributed by atoms with Crippen LogP contribution in [0.3, 0.4) is 0 Å². The molecule has 0 fully saturated rings. The normalized spacial score (nSPS) is 11.9. The number of carbonyl (C=O) groups excluding carboxylic acids is 1. The summed E-state index contributed by atoms with van der Waals surface area (Å²) in [6.07, 6.45) is 3.14. The Morgan fingerprint density at radius 2 is 2.04 bits per heavy atom. The first-order valence-electron chi connectivity index (χ1n) is 8.53. The minimum Gasteiger partial charge on any atom is -0.495 e. The second kappa shape index (κ2) is 7.69. The van der Waals surface area contributed by atoms with Gasteiger partial charge in [0.05, 0.1) is 35.3 Å². The molecule has 7 nitrogen and oxygen atoms in total. The van der Waals surface area contributed by atoms with Gasteiger partial charge in [0.2, 0.25) is 0 Å². The van der Waals surface area contributed by atoms with E-state index in [1.807, 2.05) is 24.3 Å². The van der Waals surface area contributed by atoms with E-state index in [9.17, 15) is 4.79 Å². The molecule has 4 aromatic rings. The Labute approximate surface area is 166 Å². The molecule has 0 radical (unpaired) electrons. The van der Waals surface area contributed by atoms with E-state index in [2.05, 4.69) is 25.5 Å². The molecular formula is C20H17N5O2S. The fourth-order valence-corrected chi connectivity index (χ4v) is 3.32. The highest BCUT2D eigenvalue weighted by Crippen LogP contribution is 2.31. The molecule has 140 valence electrons. The molecule has 0 aliphatic rings. The standard InChI is InChI=1S/C20H17N5O2S/c1-27-16-8-3-2-7-15(16)24-20(26)13-6-4-5-12(9-13)18(28)17-14-10-23-25-19(14)22-11-21-17/h2-11,18,28H,1H3,(H,24,26)(H,21,22,23,25). The van der Waals surface area contributed by atoms with Gasteiger partial charge in [0.25, 0.3) is 5.91 Å². The van der Waals surface area contributed by atoms with E-state index in [4.69, 9.17) is 17.4 Å². The smallest absolute Gasteiger partial charge is 0.255 e. The van der Waals surface area contributed by atoms with Crippen LogP contribution >= 0.6 is 12.6 Å². The van der Waals surface area contributed by atoms with Crippen LogP contribution in [0.4, 0.5) is 5.69 Å². The van der Waals surface area contributed by atoms with Crippen molar-refractivity contribution in [1.82, 2.24) is 20.2 Å². The fraction of sp³-hybridized carbons (Fsp3) is 0.100. The first-order valence-corrected chi connectivity index (χ1v) is 9.05. The number of fused-ring (bicyclic) bond motifs is 1. The molecule has 1 unspecified atom stereocenters. The zero-order valence-corrected chi connectivity index (χ0v) is 15.9. The first-order chi connectivity index (χ1) is 13.7. The zero-order valence-electron chi connectivity index (χ0n) is 15.0. The number of aromatic amines is 1. The van der Waals surface area contributed by atoms with E-state index >= 15 is 0 Å². The molecule has 2 aromatic carbocycles. The Balaban J connectivity index is 1.62. The van der Waals surface area contributed by atoms with Crippen molar-refractivity contribution in [1.29, 1.82) is 0 Å². The minimum absolute atomic E-state index is 0.233. The number of nitrogens with zero attached hydrogens (tertiary/aromatic N) is 3. The van der Waals surface area contributed by atoms with Crippen LogP contribution in [-0.4, -0.2) is 33.2 Å². The highest BCUT2D eigenvalue weighted by Gasteiger charge is 2.18. The van der Waals surface area contributed by atoms with Crippen LogP contribution in [-0.2, 0) is 0 Å². The van der Waals surface area contributed by atoms with E-state index in [1.165, 1.54) is 6.33 Å². The lowest BCUT2D eigenvalue weighted by molar-refractivity contribution is 0.102. The number of ether oxygens (including phenoxy) is 1. The van der Waals surface area contributed by atoms with Crippen LogP contribution < -0.4 is 10.1 Å². The maximum atomic E-state index is 12.7. The third-order valence-corrected chi connectivity index (χ3v) is 4.90. The van der Waals surface area contributed by atoms with Gasteiger partial charge in [-0.25, -0.2) is 9.97 Å². The summed E-state index contributed by atoms with van der Waals surface area (Å²) in [5, 5.41) is 10.2. The molecule has 8 heteroatoms. The summed E-state index contributed by atoms with van der Waals surface area (Å²) in [7, 11) is 1.56. The minimum atomic E-state index is -0.331. The number of H-pyrrole nitrogens is 1. The molecule has 0 aliphatic heterocycles. The number of para-hydroxylation sites is 2. The number of anilines is 1. The van der Waals surface area contributed by atoms with Crippen molar-refractivity contribution in [2.24, 2.45) is 0 Å². The van der Waals surface area contributed by atoms with Gasteiger partial charge in [-0.05, 0) is 29.8 Å². The van der Waals surface area contributed by atoms with Gasteiger partial charge >= 0.3 is 0 Å². The van der Waals surface area contributed by atoms with E-state index in [0.29, 0.717) is 22.6 Å². The molecule has 0 saturated carbocycles. The molecule has 1 atom stereocenters. The lowest BCUT2D eigenvalue weighted by atomic mass is 10.0. The molecule has 0 bridgehead atoms. The number of hydrogen-bond donors (Lipinski definition) is 3. The van der Waals surface area contributed by atoms with Crippen LogP contribution in [0.1, 0.15) is 26.9 Å². The van der Waals surface area contributed by atoms with Crippen molar-refractivity contribution >= 4 is 35.3 Å². The van der Waals surface area contributed by atoms with E-state index in [-0.39, 0.29) is 11.2 Å². The predicted octanol–water partition coefficient (Wildman–Crippen LogP) is 3.63. The molecule has 1 amide bonds. The predicted molar refractivity (Wildman–Crippen MR) is 110 cm³/mol. The van der Waals surface area contributed by atoms with Crippen LogP contribution in [0.25, 0.3) is 11.0 Å². The molecule has 0 aliphatic carbocycles. The van der Waals surface area contributed by atoms with Gasteiger partial charge in [-0.15, -0.1) is 0 Å². The third kappa shape index (κ3) is 3.41. The number of hydrogen-bond acceptors (Lipinski definition) is 6. The summed E-state index contributed by atoms with van der Waals surface area (Å²) in [4.78, 5) is 21.2. The van der Waals surface area contributed by atoms with Gasteiger partial charge in [0, 0.05) is 5.56 Å². The summed E-state index contributed by atoms with van der Waals surface area (Å²) >= 11 is 4.72. The van der Waals surface area contributed by atoms with Crippen LogP contribution in [0.15, 0.2) is 61.1 Å². The second-order valence-corrected chi connectivity index (χ2v) is 6.59. The topological polar surface area (TPSA) is 92.8 Å². The van der Waals surface area contributed by atoms with E-state index < -0.39 is 0 Å². The molecule has 2 N–H and O–H groups in total. The Morgan fingerprint density at radius 3 is 2.89 bits per heavy atom. The molecule has 28 heavy (non-hydrogen) atoms. The van der Waals surface area contributed by atoms with Gasteiger partial charge in [-0.2, -0.15) is 17.7 Å². The number of nitrogens with one attached hydrogen (secondary N) is 2. The summed E-state index contributed by atoms with van der Waals surface area (Å²) in [6.45, 7) is 0. The van der Waals surface area contributed by atoms with Crippen molar-refractivity contribution in [2.45, 2.75) is 5.25 Å². The second-order valence-electron chi connectivity index (χ2n) is 6.07. The Morgan fingerprint density at radius 1 is 1.18 bits per heavy atom. The molecule has 4 rings (SSSR count). The monoisotopic (exact) mass is 391 g/mol. The summed E-state index contributed by atoms with van der Waals surface area (Å²) in [5.74, 6) is 0.366. The lowest BCUT2D eigenvalue weighted by Crippen LogP contribution is -2.13. The number of amides is 1. The maximum Gasteiger partial charge on any atom is 0.255 e. The molecule has 2 heterocycles. The number of methoxy groups -OCH3 is 1. The SMILES string of the molecule is COc1ccccc1NC(=O)c1cccc(C(S)c2ncnc3[nH]ncc23)c1. The Bertz CT molecular complexity index is 1140. The maximum absolute atomic E-state index is 12.7. The number of aromatic nitrogens is 4. The van der Waals surface area contributed by atoms with Crippen molar-refractivity contribution in [3.05, 3.63) is 77.9 Å². The highest BCUT2D eigenvalue weighted by molar-refractivity contribution is 7.80.